The molecule has 138 valence electrons. The number of amides is 1. The molecule has 0 saturated carbocycles. The molecule has 0 aromatic heterocycles. The summed E-state index contributed by atoms with van der Waals surface area (Å²) in [5.74, 6) is 0.0344. The van der Waals surface area contributed by atoms with E-state index in [9.17, 15) is 13.2 Å². The van der Waals surface area contributed by atoms with Gasteiger partial charge in [0.05, 0.1) is 24.8 Å². The number of sulfonamides is 1. The van der Waals surface area contributed by atoms with Gasteiger partial charge in [-0.05, 0) is 30.3 Å². The zero-order valence-corrected chi connectivity index (χ0v) is 16.6. The third kappa shape index (κ3) is 5.13. The molecule has 0 unspecified atom stereocenters. The van der Waals surface area contributed by atoms with Gasteiger partial charge in [-0.3, -0.25) is 4.79 Å². The van der Waals surface area contributed by atoms with E-state index in [1.54, 1.807) is 30.3 Å². The second kappa shape index (κ2) is 8.93. The van der Waals surface area contributed by atoms with E-state index in [4.69, 9.17) is 4.74 Å². The Kier molecular flexibility index (Phi) is 6.90. The van der Waals surface area contributed by atoms with Crippen LogP contribution in [-0.4, -0.2) is 45.5 Å². The Balaban J connectivity index is 2.00. The number of hydrogen-bond donors (Lipinski definition) is 1. The Morgan fingerprint density at radius 3 is 2.62 bits per heavy atom. The summed E-state index contributed by atoms with van der Waals surface area (Å²) in [4.78, 5) is 12.1. The summed E-state index contributed by atoms with van der Waals surface area (Å²) in [6.45, 7) is -0.357. The molecule has 7 nitrogen and oxygen atoms in total. The number of nitrogens with zero attached hydrogens (tertiary/aromatic N) is 2. The Bertz CT molecular complexity index is 901. The van der Waals surface area contributed by atoms with Crippen molar-refractivity contribution in [3.8, 4) is 5.75 Å². The lowest BCUT2D eigenvalue weighted by Crippen LogP contribution is -2.36. The molecule has 1 amide bonds. The van der Waals surface area contributed by atoms with Gasteiger partial charge >= 0.3 is 0 Å². The molecule has 0 atom stereocenters. The first kappa shape index (κ1) is 20.1. The predicted octanol–water partition coefficient (Wildman–Crippen LogP) is 2.23. The average molecular weight is 440 g/mol. The zero-order chi connectivity index (χ0) is 19.2. The summed E-state index contributed by atoms with van der Waals surface area (Å²) in [6.07, 6.45) is 1.42. The van der Waals surface area contributed by atoms with Gasteiger partial charge in [-0.1, -0.05) is 34.1 Å². The van der Waals surface area contributed by atoms with Crippen molar-refractivity contribution < 1.29 is 17.9 Å². The number of carbonyl (C=O) groups excluding carboxylic acids is 1. The van der Waals surface area contributed by atoms with E-state index in [2.05, 4.69) is 26.5 Å². The van der Waals surface area contributed by atoms with Crippen molar-refractivity contribution in [2.45, 2.75) is 4.90 Å². The maximum atomic E-state index is 12.4. The lowest BCUT2D eigenvalue weighted by Gasteiger charge is -2.15. The lowest BCUT2D eigenvalue weighted by molar-refractivity contribution is -0.121. The number of hydrogen-bond acceptors (Lipinski definition) is 5. The number of halogens is 1. The number of ether oxygens (including phenoxy) is 1. The molecule has 9 heteroatoms. The topological polar surface area (TPSA) is 88.1 Å². The molecule has 0 aliphatic rings. The van der Waals surface area contributed by atoms with Crippen LogP contribution in [0, 0.1) is 0 Å². The van der Waals surface area contributed by atoms with Crippen molar-refractivity contribution >= 4 is 38.1 Å². The fraction of sp³-hybridized carbons (Fsp3) is 0.176. The van der Waals surface area contributed by atoms with Crippen LogP contribution in [0.3, 0.4) is 0 Å². The Hall–Kier alpha value is -2.23. The van der Waals surface area contributed by atoms with E-state index in [-0.39, 0.29) is 11.4 Å². The second-order valence-electron chi connectivity index (χ2n) is 5.25. The molecule has 0 heterocycles. The van der Waals surface area contributed by atoms with Crippen LogP contribution in [0.2, 0.25) is 0 Å². The number of rotatable bonds is 7. The third-order valence-corrected chi connectivity index (χ3v) is 5.71. The molecule has 1 N–H and O–H groups in total. The molecule has 0 radical (unpaired) electrons. The van der Waals surface area contributed by atoms with Crippen molar-refractivity contribution in [2.75, 3.05) is 20.7 Å². The number of benzene rings is 2. The van der Waals surface area contributed by atoms with Crippen molar-refractivity contribution in [2.24, 2.45) is 5.10 Å². The first-order valence-corrected chi connectivity index (χ1v) is 9.74. The molecule has 0 aliphatic carbocycles. The van der Waals surface area contributed by atoms with Gasteiger partial charge in [0.1, 0.15) is 5.75 Å². The van der Waals surface area contributed by atoms with Gasteiger partial charge in [0.15, 0.2) is 0 Å². The van der Waals surface area contributed by atoms with Crippen LogP contribution in [0.4, 0.5) is 0 Å². The Labute approximate surface area is 160 Å². The molecule has 0 spiro atoms. The molecule has 2 aromatic rings. The monoisotopic (exact) mass is 439 g/mol. The third-order valence-electron chi connectivity index (χ3n) is 3.40. The minimum Gasteiger partial charge on any atom is -0.496 e. The first-order valence-electron chi connectivity index (χ1n) is 7.51. The molecule has 0 aliphatic heterocycles. The molecule has 2 rings (SSSR count). The number of nitrogens with one attached hydrogen (secondary N) is 1. The number of methoxy groups -OCH3 is 1. The molecule has 26 heavy (non-hydrogen) atoms. The van der Waals surface area contributed by atoms with E-state index < -0.39 is 15.9 Å². The van der Waals surface area contributed by atoms with Crippen molar-refractivity contribution in [3.05, 3.63) is 58.6 Å². The largest absolute Gasteiger partial charge is 0.496 e. The highest BCUT2D eigenvalue weighted by Crippen LogP contribution is 2.21. The van der Waals surface area contributed by atoms with Crippen LogP contribution in [0.25, 0.3) is 0 Å². The second-order valence-corrected chi connectivity index (χ2v) is 8.21. The highest BCUT2D eigenvalue weighted by molar-refractivity contribution is 9.10. The average Bonchev–Trinajstić information content (AvgIpc) is 2.62. The summed E-state index contributed by atoms with van der Waals surface area (Å²) in [5.41, 5.74) is 2.97. The van der Waals surface area contributed by atoms with E-state index in [0.717, 1.165) is 8.78 Å². The van der Waals surface area contributed by atoms with Crippen LogP contribution >= 0.6 is 15.9 Å². The van der Waals surface area contributed by atoms with Gasteiger partial charge in [0.25, 0.3) is 5.91 Å². The summed E-state index contributed by atoms with van der Waals surface area (Å²) in [7, 11) is -0.867. The molecule has 0 fully saturated rings. The molecular formula is C17H18BrN3O4S. The Morgan fingerprint density at radius 2 is 1.96 bits per heavy atom. The molecular weight excluding hydrogens is 422 g/mol. The van der Waals surface area contributed by atoms with E-state index in [0.29, 0.717) is 11.3 Å². The van der Waals surface area contributed by atoms with Gasteiger partial charge in [-0.15, -0.1) is 0 Å². The van der Waals surface area contributed by atoms with Crippen molar-refractivity contribution in [1.82, 2.24) is 9.73 Å². The zero-order valence-electron chi connectivity index (χ0n) is 14.2. The minimum atomic E-state index is -3.73. The SMILES string of the molecule is COc1ccc(Br)cc1/C=N\NC(=O)CN(C)S(=O)(=O)c1ccccc1. The van der Waals surface area contributed by atoms with Gasteiger partial charge in [-0.2, -0.15) is 9.41 Å². The normalized spacial score (nSPS) is 11.7. The van der Waals surface area contributed by atoms with Crippen LogP contribution in [0.5, 0.6) is 5.75 Å². The highest BCUT2D eigenvalue weighted by Gasteiger charge is 2.22. The predicted molar refractivity (Wildman–Crippen MR) is 103 cm³/mol. The fourth-order valence-electron chi connectivity index (χ4n) is 2.07. The minimum absolute atomic E-state index is 0.123. The molecule has 0 bridgehead atoms. The summed E-state index contributed by atoms with van der Waals surface area (Å²) >= 11 is 3.35. The number of hydrazone groups is 1. The van der Waals surface area contributed by atoms with E-state index in [1.165, 1.54) is 32.5 Å². The maximum absolute atomic E-state index is 12.4. The van der Waals surface area contributed by atoms with Gasteiger partial charge < -0.3 is 4.74 Å². The summed E-state index contributed by atoms with van der Waals surface area (Å²) in [5, 5.41) is 3.85. The lowest BCUT2D eigenvalue weighted by atomic mass is 10.2. The van der Waals surface area contributed by atoms with Crippen molar-refractivity contribution in [1.29, 1.82) is 0 Å². The first-order chi connectivity index (χ1) is 12.3. The maximum Gasteiger partial charge on any atom is 0.255 e. The summed E-state index contributed by atoms with van der Waals surface area (Å²) < 4.78 is 31.7. The van der Waals surface area contributed by atoms with Crippen LogP contribution < -0.4 is 10.2 Å². The Morgan fingerprint density at radius 1 is 1.27 bits per heavy atom. The van der Waals surface area contributed by atoms with E-state index in [1.807, 2.05) is 6.07 Å². The molecule has 0 saturated heterocycles. The van der Waals surface area contributed by atoms with Crippen LogP contribution in [-0.2, 0) is 14.8 Å². The van der Waals surface area contributed by atoms with Gasteiger partial charge in [0, 0.05) is 17.1 Å². The van der Waals surface area contributed by atoms with Crippen molar-refractivity contribution in [3.63, 3.8) is 0 Å². The quantitative estimate of drug-likeness (QED) is 0.529. The molecule has 2 aromatic carbocycles. The fourth-order valence-corrected chi connectivity index (χ4v) is 3.60. The van der Waals surface area contributed by atoms with Crippen LogP contribution in [0.15, 0.2) is 63.0 Å². The standard InChI is InChI=1S/C17H18BrN3O4S/c1-21(26(23,24)15-6-4-3-5-7-15)12-17(22)20-19-11-13-10-14(18)8-9-16(13)25-2/h3-11H,12H2,1-2H3,(H,20,22)/b19-11-. The highest BCUT2D eigenvalue weighted by atomic mass is 79.9. The smallest absolute Gasteiger partial charge is 0.255 e. The van der Waals surface area contributed by atoms with E-state index >= 15 is 0 Å². The number of likely N-dealkylation sites (N-methyl/N-ethyl adjacent to an activating group) is 1. The number of carbonyl (C=O) groups is 1. The van der Waals surface area contributed by atoms with Crippen LogP contribution in [0.1, 0.15) is 5.56 Å². The van der Waals surface area contributed by atoms with Gasteiger partial charge in [0.2, 0.25) is 10.0 Å². The summed E-state index contributed by atoms with van der Waals surface area (Å²) in [6, 6.07) is 13.3. The van der Waals surface area contributed by atoms with Gasteiger partial charge in [-0.25, -0.2) is 13.8 Å².